The van der Waals surface area contributed by atoms with Crippen molar-refractivity contribution in [3.8, 4) is 0 Å². The molecular weight excluding hydrogens is 158 g/mol. The molecular formula is C8H13NO3. The average Bonchev–Trinajstić information content (AvgIpc) is 2.04. The summed E-state index contributed by atoms with van der Waals surface area (Å²) in [6.45, 7) is 5.06. The lowest BCUT2D eigenvalue weighted by atomic mass is 9.98. The fourth-order valence-electron chi connectivity index (χ4n) is 0.845. The molecule has 1 N–H and O–H groups in total. The summed E-state index contributed by atoms with van der Waals surface area (Å²) in [6.07, 6.45) is 2.37. The Bertz CT molecular complexity index is 179. The predicted molar refractivity (Wildman–Crippen MR) is 44.4 cm³/mol. The third-order valence-corrected chi connectivity index (χ3v) is 1.57. The summed E-state index contributed by atoms with van der Waals surface area (Å²) in [4.78, 5) is 21.3. The van der Waals surface area contributed by atoms with Gasteiger partial charge in [0.2, 0.25) is 6.41 Å². The normalized spacial score (nSPS) is 14.2. The number of hydrogen-bond donors (Lipinski definition) is 1. The highest BCUT2D eigenvalue weighted by molar-refractivity contribution is 5.82. The standard InChI is InChI=1S/C8H13NO3/c1-4-5-8(2,9-6-10)7(11)12-3/h4,6H,1,5H2,2-3H3,(H,9,10). The number of carbonyl (C=O) groups is 2. The zero-order chi connectivity index (χ0) is 9.61. The van der Waals surface area contributed by atoms with Gasteiger partial charge in [0.25, 0.3) is 0 Å². The van der Waals surface area contributed by atoms with Crippen molar-refractivity contribution in [2.24, 2.45) is 0 Å². The van der Waals surface area contributed by atoms with Gasteiger partial charge in [0.15, 0.2) is 0 Å². The predicted octanol–water partition coefficient (Wildman–Crippen LogP) is 0.240. The van der Waals surface area contributed by atoms with Crippen LogP contribution in [0.2, 0.25) is 0 Å². The van der Waals surface area contributed by atoms with E-state index in [1.807, 2.05) is 0 Å². The third-order valence-electron chi connectivity index (χ3n) is 1.57. The minimum absolute atomic E-state index is 0.346. The van der Waals surface area contributed by atoms with E-state index in [0.29, 0.717) is 12.8 Å². The van der Waals surface area contributed by atoms with Gasteiger partial charge in [0.05, 0.1) is 7.11 Å². The Morgan fingerprint density at radius 3 is 2.67 bits per heavy atom. The second-order valence-electron chi connectivity index (χ2n) is 2.58. The minimum atomic E-state index is -0.988. The van der Waals surface area contributed by atoms with Crippen molar-refractivity contribution in [2.75, 3.05) is 7.11 Å². The Kier molecular flexibility index (Phi) is 4.04. The summed E-state index contributed by atoms with van der Waals surface area (Å²) in [5, 5.41) is 2.38. The zero-order valence-corrected chi connectivity index (χ0v) is 7.29. The van der Waals surface area contributed by atoms with Crippen molar-refractivity contribution in [2.45, 2.75) is 18.9 Å². The largest absolute Gasteiger partial charge is 0.467 e. The summed E-state index contributed by atoms with van der Waals surface area (Å²) < 4.78 is 4.51. The topological polar surface area (TPSA) is 55.4 Å². The maximum absolute atomic E-state index is 11.1. The zero-order valence-electron chi connectivity index (χ0n) is 7.29. The first-order chi connectivity index (χ1) is 5.60. The number of esters is 1. The van der Waals surface area contributed by atoms with Gasteiger partial charge in [-0.2, -0.15) is 0 Å². The van der Waals surface area contributed by atoms with Gasteiger partial charge in [-0.05, 0) is 13.3 Å². The summed E-state index contributed by atoms with van der Waals surface area (Å²) in [5.74, 6) is -0.477. The first kappa shape index (κ1) is 10.7. The second-order valence-corrected chi connectivity index (χ2v) is 2.58. The van der Waals surface area contributed by atoms with Crippen LogP contribution < -0.4 is 5.32 Å². The number of nitrogens with one attached hydrogen (secondary N) is 1. The van der Waals surface area contributed by atoms with Gasteiger partial charge in [-0.1, -0.05) is 6.08 Å². The van der Waals surface area contributed by atoms with Gasteiger partial charge in [0.1, 0.15) is 5.54 Å². The molecule has 0 aliphatic rings. The summed E-state index contributed by atoms with van der Waals surface area (Å²) >= 11 is 0. The van der Waals surface area contributed by atoms with Crippen LogP contribution in [0, 0.1) is 0 Å². The van der Waals surface area contributed by atoms with E-state index in [1.54, 1.807) is 13.0 Å². The first-order valence-electron chi connectivity index (χ1n) is 3.51. The molecule has 4 nitrogen and oxygen atoms in total. The number of hydrogen-bond acceptors (Lipinski definition) is 3. The summed E-state index contributed by atoms with van der Waals surface area (Å²) in [7, 11) is 1.27. The Hall–Kier alpha value is -1.32. The fourth-order valence-corrected chi connectivity index (χ4v) is 0.845. The van der Waals surface area contributed by atoms with Gasteiger partial charge in [-0.3, -0.25) is 4.79 Å². The van der Waals surface area contributed by atoms with E-state index in [4.69, 9.17) is 0 Å². The van der Waals surface area contributed by atoms with E-state index in [2.05, 4.69) is 16.6 Å². The molecule has 0 aromatic heterocycles. The van der Waals surface area contributed by atoms with Crippen LogP contribution in [0.15, 0.2) is 12.7 Å². The molecule has 1 amide bonds. The molecule has 12 heavy (non-hydrogen) atoms. The van der Waals surface area contributed by atoms with Crippen molar-refractivity contribution < 1.29 is 14.3 Å². The van der Waals surface area contributed by atoms with Gasteiger partial charge >= 0.3 is 5.97 Å². The van der Waals surface area contributed by atoms with Crippen LogP contribution in [0.4, 0.5) is 0 Å². The molecule has 0 saturated carbocycles. The van der Waals surface area contributed by atoms with Crippen molar-refractivity contribution in [1.82, 2.24) is 5.32 Å². The Balaban J connectivity index is 4.46. The molecule has 68 valence electrons. The quantitative estimate of drug-likeness (QED) is 0.366. The molecule has 0 bridgehead atoms. The van der Waals surface area contributed by atoms with E-state index in [9.17, 15) is 9.59 Å². The molecule has 0 rings (SSSR count). The summed E-state index contributed by atoms with van der Waals surface area (Å²) in [6, 6.07) is 0. The molecule has 0 aliphatic heterocycles. The fraction of sp³-hybridized carbons (Fsp3) is 0.500. The van der Waals surface area contributed by atoms with Crippen LogP contribution in [0.1, 0.15) is 13.3 Å². The first-order valence-corrected chi connectivity index (χ1v) is 3.51. The highest BCUT2D eigenvalue weighted by Gasteiger charge is 2.32. The van der Waals surface area contributed by atoms with E-state index in [0.717, 1.165) is 0 Å². The SMILES string of the molecule is C=CCC(C)(NC=O)C(=O)OC. The third kappa shape index (κ3) is 2.38. The van der Waals surface area contributed by atoms with E-state index < -0.39 is 11.5 Å². The van der Waals surface area contributed by atoms with Crippen molar-refractivity contribution in [1.29, 1.82) is 0 Å². The maximum Gasteiger partial charge on any atom is 0.331 e. The van der Waals surface area contributed by atoms with Gasteiger partial charge in [0, 0.05) is 0 Å². The van der Waals surface area contributed by atoms with Crippen molar-refractivity contribution in [3.63, 3.8) is 0 Å². The Labute approximate surface area is 71.6 Å². The molecule has 0 aromatic rings. The van der Waals surface area contributed by atoms with E-state index >= 15 is 0 Å². The molecule has 1 atom stereocenters. The highest BCUT2D eigenvalue weighted by atomic mass is 16.5. The maximum atomic E-state index is 11.1. The number of rotatable bonds is 5. The van der Waals surface area contributed by atoms with Crippen LogP contribution in [0.3, 0.4) is 0 Å². The molecule has 0 aromatic carbocycles. The number of ether oxygens (including phenoxy) is 1. The van der Waals surface area contributed by atoms with Gasteiger partial charge in [-0.25, -0.2) is 4.79 Å². The lowest BCUT2D eigenvalue weighted by molar-refractivity contribution is -0.148. The molecule has 4 heteroatoms. The monoisotopic (exact) mass is 171 g/mol. The molecule has 0 aliphatic carbocycles. The molecule has 0 spiro atoms. The number of carbonyl (C=O) groups excluding carboxylic acids is 2. The van der Waals surface area contributed by atoms with Gasteiger partial charge in [-0.15, -0.1) is 6.58 Å². The Morgan fingerprint density at radius 2 is 2.33 bits per heavy atom. The molecule has 0 radical (unpaired) electrons. The molecule has 0 fully saturated rings. The smallest absolute Gasteiger partial charge is 0.331 e. The van der Waals surface area contributed by atoms with E-state index in [1.165, 1.54) is 7.11 Å². The van der Waals surface area contributed by atoms with Crippen LogP contribution in [0.5, 0.6) is 0 Å². The van der Waals surface area contributed by atoms with Crippen molar-refractivity contribution >= 4 is 12.4 Å². The van der Waals surface area contributed by atoms with E-state index in [-0.39, 0.29) is 0 Å². The lowest BCUT2D eigenvalue weighted by Gasteiger charge is -2.23. The lowest BCUT2D eigenvalue weighted by Crippen LogP contribution is -2.49. The van der Waals surface area contributed by atoms with Crippen LogP contribution in [0.25, 0.3) is 0 Å². The van der Waals surface area contributed by atoms with Crippen LogP contribution >= 0.6 is 0 Å². The van der Waals surface area contributed by atoms with Crippen LogP contribution in [-0.4, -0.2) is 25.0 Å². The molecule has 0 saturated heterocycles. The Morgan fingerprint density at radius 1 is 1.75 bits per heavy atom. The number of amides is 1. The minimum Gasteiger partial charge on any atom is -0.467 e. The second kappa shape index (κ2) is 4.54. The molecule has 1 unspecified atom stereocenters. The average molecular weight is 171 g/mol. The number of methoxy groups -OCH3 is 1. The van der Waals surface area contributed by atoms with Gasteiger partial charge < -0.3 is 10.1 Å². The summed E-state index contributed by atoms with van der Waals surface area (Å²) in [5.41, 5.74) is -0.988. The van der Waals surface area contributed by atoms with Crippen molar-refractivity contribution in [3.05, 3.63) is 12.7 Å². The van der Waals surface area contributed by atoms with Crippen LogP contribution in [-0.2, 0) is 14.3 Å². The molecule has 0 heterocycles. The highest BCUT2D eigenvalue weighted by Crippen LogP contribution is 2.10.